The summed E-state index contributed by atoms with van der Waals surface area (Å²) >= 11 is 6.05. The lowest BCUT2D eigenvalue weighted by atomic mass is 10.0. The molecule has 1 atom stereocenters. The van der Waals surface area contributed by atoms with Crippen LogP contribution in [0.3, 0.4) is 0 Å². The van der Waals surface area contributed by atoms with Crippen molar-refractivity contribution in [3.05, 3.63) is 64.7 Å². The van der Waals surface area contributed by atoms with Crippen LogP contribution >= 0.6 is 11.6 Å². The van der Waals surface area contributed by atoms with E-state index in [0.717, 1.165) is 5.56 Å². The molecule has 0 aromatic heterocycles. The molecule has 0 saturated heterocycles. The lowest BCUT2D eigenvalue weighted by Gasteiger charge is -2.20. The van der Waals surface area contributed by atoms with Gasteiger partial charge in [-0.1, -0.05) is 43.5 Å². The van der Waals surface area contributed by atoms with Gasteiger partial charge in [-0.25, -0.2) is 5.43 Å². The van der Waals surface area contributed by atoms with Gasteiger partial charge in [-0.3, -0.25) is 9.59 Å². The van der Waals surface area contributed by atoms with Crippen LogP contribution in [-0.4, -0.2) is 30.7 Å². The second-order valence-corrected chi connectivity index (χ2v) is 6.88. The van der Waals surface area contributed by atoms with Crippen LogP contribution < -0.4 is 15.5 Å². The van der Waals surface area contributed by atoms with E-state index >= 15 is 0 Å². The highest BCUT2D eigenvalue weighted by Gasteiger charge is 2.25. The minimum absolute atomic E-state index is 0.149. The second kappa shape index (κ2) is 10.9. The Kier molecular flexibility index (Phi) is 8.26. The zero-order valence-electron chi connectivity index (χ0n) is 16.2. The molecule has 29 heavy (non-hydrogen) atoms. The number of carbonyl (C=O) groups is 2. The highest BCUT2D eigenvalue weighted by atomic mass is 35.5. The third kappa shape index (κ3) is 6.66. The van der Waals surface area contributed by atoms with Gasteiger partial charge in [-0.15, -0.1) is 6.42 Å². The molecule has 2 aromatic rings. The van der Waals surface area contributed by atoms with E-state index in [0.29, 0.717) is 16.3 Å². The van der Waals surface area contributed by atoms with Gasteiger partial charge < -0.3 is 10.1 Å². The van der Waals surface area contributed by atoms with Gasteiger partial charge in [0.15, 0.2) is 0 Å². The SMILES string of the molecule is C#CCOc1ccc(C=NNC(=O)C(NC(=O)c2ccccc2Cl)C(C)C)cc1. The number of hydrogen-bond donors (Lipinski definition) is 2. The predicted molar refractivity (Wildman–Crippen MR) is 114 cm³/mol. The molecule has 0 fully saturated rings. The minimum Gasteiger partial charge on any atom is -0.481 e. The van der Waals surface area contributed by atoms with E-state index in [9.17, 15) is 9.59 Å². The van der Waals surface area contributed by atoms with Gasteiger partial charge >= 0.3 is 0 Å². The Labute approximate surface area is 175 Å². The van der Waals surface area contributed by atoms with E-state index in [-0.39, 0.29) is 12.5 Å². The van der Waals surface area contributed by atoms with Crippen molar-refractivity contribution in [3.8, 4) is 18.1 Å². The lowest BCUT2D eigenvalue weighted by Crippen LogP contribution is -2.48. The van der Waals surface area contributed by atoms with Gasteiger partial charge in [0.25, 0.3) is 11.8 Å². The molecule has 7 heteroatoms. The zero-order chi connectivity index (χ0) is 21.2. The van der Waals surface area contributed by atoms with Gasteiger partial charge in [-0.05, 0) is 47.9 Å². The molecule has 0 spiro atoms. The van der Waals surface area contributed by atoms with Crippen molar-refractivity contribution in [3.63, 3.8) is 0 Å². The summed E-state index contributed by atoms with van der Waals surface area (Å²) in [6.07, 6.45) is 6.64. The number of halogens is 1. The monoisotopic (exact) mass is 411 g/mol. The molecule has 0 aliphatic carbocycles. The number of carbonyl (C=O) groups excluding carboxylic acids is 2. The Morgan fingerprint density at radius 1 is 1.21 bits per heavy atom. The van der Waals surface area contributed by atoms with E-state index in [2.05, 4.69) is 21.8 Å². The maximum absolute atomic E-state index is 12.5. The summed E-state index contributed by atoms with van der Waals surface area (Å²) in [4.78, 5) is 24.9. The van der Waals surface area contributed by atoms with Crippen LogP contribution in [0.25, 0.3) is 0 Å². The van der Waals surface area contributed by atoms with E-state index in [4.69, 9.17) is 22.8 Å². The van der Waals surface area contributed by atoms with Crippen molar-refractivity contribution in [2.24, 2.45) is 11.0 Å². The first-order chi connectivity index (χ1) is 13.9. The molecule has 0 bridgehead atoms. The molecule has 0 aliphatic rings. The maximum Gasteiger partial charge on any atom is 0.262 e. The van der Waals surface area contributed by atoms with E-state index < -0.39 is 17.9 Å². The zero-order valence-corrected chi connectivity index (χ0v) is 16.9. The molecule has 6 nitrogen and oxygen atoms in total. The summed E-state index contributed by atoms with van der Waals surface area (Å²) in [5.41, 5.74) is 3.53. The first kappa shape index (κ1) is 22.0. The van der Waals surface area contributed by atoms with Crippen LogP contribution in [0.15, 0.2) is 53.6 Å². The van der Waals surface area contributed by atoms with E-state index in [1.165, 1.54) is 6.21 Å². The molecule has 2 N–H and O–H groups in total. The number of nitrogens with zero attached hydrogens (tertiary/aromatic N) is 1. The first-order valence-corrected chi connectivity index (χ1v) is 9.34. The summed E-state index contributed by atoms with van der Waals surface area (Å²) in [5.74, 6) is 2.04. The van der Waals surface area contributed by atoms with Gasteiger partial charge in [0.1, 0.15) is 18.4 Å². The van der Waals surface area contributed by atoms with E-state index in [1.807, 2.05) is 13.8 Å². The Hall–Kier alpha value is -3.30. The Morgan fingerprint density at radius 2 is 1.90 bits per heavy atom. The maximum atomic E-state index is 12.5. The molecular formula is C22H22ClN3O3. The molecule has 0 radical (unpaired) electrons. The molecule has 2 amide bonds. The Morgan fingerprint density at radius 3 is 2.52 bits per heavy atom. The smallest absolute Gasteiger partial charge is 0.262 e. The topological polar surface area (TPSA) is 79.8 Å². The van der Waals surface area contributed by atoms with Crippen LogP contribution in [-0.2, 0) is 4.79 Å². The number of ether oxygens (including phenoxy) is 1. The highest BCUT2D eigenvalue weighted by molar-refractivity contribution is 6.33. The van der Waals surface area contributed by atoms with Crippen LogP contribution in [0.1, 0.15) is 29.8 Å². The average molecular weight is 412 g/mol. The minimum atomic E-state index is -0.768. The van der Waals surface area contributed by atoms with Gasteiger partial charge in [0.2, 0.25) is 0 Å². The summed E-state index contributed by atoms with van der Waals surface area (Å²) in [5, 5.41) is 6.99. The molecular weight excluding hydrogens is 390 g/mol. The number of amides is 2. The molecule has 0 heterocycles. The second-order valence-electron chi connectivity index (χ2n) is 6.47. The van der Waals surface area contributed by atoms with Crippen LogP contribution in [0.2, 0.25) is 5.02 Å². The van der Waals surface area contributed by atoms with Crippen molar-refractivity contribution in [1.29, 1.82) is 0 Å². The third-order valence-corrected chi connectivity index (χ3v) is 4.27. The molecule has 1 unspecified atom stereocenters. The van der Waals surface area contributed by atoms with E-state index in [1.54, 1.807) is 48.5 Å². The van der Waals surface area contributed by atoms with Crippen LogP contribution in [0, 0.1) is 18.3 Å². The van der Waals surface area contributed by atoms with Crippen molar-refractivity contribution >= 4 is 29.6 Å². The fraction of sp³-hybridized carbons (Fsp3) is 0.227. The summed E-state index contributed by atoms with van der Waals surface area (Å²) in [6.45, 7) is 3.85. The van der Waals surface area contributed by atoms with Crippen LogP contribution in [0.4, 0.5) is 0 Å². The third-order valence-electron chi connectivity index (χ3n) is 3.94. The fourth-order valence-electron chi connectivity index (χ4n) is 2.41. The number of nitrogens with one attached hydrogen (secondary N) is 2. The number of terminal acetylenes is 1. The number of hydrogen-bond acceptors (Lipinski definition) is 4. The number of benzene rings is 2. The van der Waals surface area contributed by atoms with Crippen molar-refractivity contribution in [2.75, 3.05) is 6.61 Å². The largest absolute Gasteiger partial charge is 0.481 e. The number of hydrazone groups is 1. The predicted octanol–water partition coefficient (Wildman–Crippen LogP) is 3.26. The Bertz CT molecular complexity index is 918. The summed E-state index contributed by atoms with van der Waals surface area (Å²) in [7, 11) is 0. The molecule has 2 rings (SSSR count). The average Bonchev–Trinajstić information content (AvgIpc) is 2.71. The fourth-order valence-corrected chi connectivity index (χ4v) is 2.64. The standard InChI is InChI=1S/C22H22ClN3O3/c1-4-13-29-17-11-9-16(10-12-17)14-24-26-22(28)20(15(2)3)25-21(27)18-7-5-6-8-19(18)23/h1,5-12,14-15,20H,13H2,2-3H3,(H,25,27)(H,26,28). The Balaban J connectivity index is 1.97. The van der Waals surface area contributed by atoms with Crippen molar-refractivity contribution < 1.29 is 14.3 Å². The first-order valence-electron chi connectivity index (χ1n) is 8.97. The molecule has 2 aromatic carbocycles. The summed E-state index contributed by atoms with van der Waals surface area (Å²) < 4.78 is 5.29. The number of rotatable bonds is 8. The molecule has 150 valence electrons. The molecule has 0 saturated carbocycles. The van der Waals surface area contributed by atoms with Gasteiger partial charge in [0.05, 0.1) is 16.8 Å². The quantitative estimate of drug-likeness (QED) is 0.397. The van der Waals surface area contributed by atoms with Gasteiger partial charge in [0, 0.05) is 0 Å². The van der Waals surface area contributed by atoms with Crippen LogP contribution in [0.5, 0.6) is 5.75 Å². The summed E-state index contributed by atoms with van der Waals surface area (Å²) in [6, 6.07) is 12.9. The van der Waals surface area contributed by atoms with Crippen molar-refractivity contribution in [1.82, 2.24) is 10.7 Å². The van der Waals surface area contributed by atoms with Gasteiger partial charge in [-0.2, -0.15) is 5.10 Å². The normalized spacial score (nSPS) is 11.7. The highest BCUT2D eigenvalue weighted by Crippen LogP contribution is 2.15. The lowest BCUT2D eigenvalue weighted by molar-refractivity contribution is -0.123. The molecule has 0 aliphatic heterocycles. The van der Waals surface area contributed by atoms with Crippen molar-refractivity contribution in [2.45, 2.75) is 19.9 Å².